The number of carbonyl (C=O) groups excluding carboxylic acids is 1. The molecule has 0 unspecified atom stereocenters. The monoisotopic (exact) mass is 439 g/mol. The maximum Gasteiger partial charge on any atom is 0.298 e. The van der Waals surface area contributed by atoms with Crippen LogP contribution in [0.1, 0.15) is 30.9 Å². The molecule has 2 heterocycles. The van der Waals surface area contributed by atoms with E-state index in [9.17, 15) is 4.79 Å². The van der Waals surface area contributed by atoms with Crippen LogP contribution in [0, 0.1) is 17.3 Å². The Morgan fingerprint density at radius 2 is 1.94 bits per heavy atom. The van der Waals surface area contributed by atoms with Crippen molar-refractivity contribution in [3.63, 3.8) is 0 Å². The van der Waals surface area contributed by atoms with Crippen LogP contribution in [-0.2, 0) is 4.79 Å². The third-order valence-corrected chi connectivity index (χ3v) is 5.48. The molecule has 0 saturated carbocycles. The van der Waals surface area contributed by atoms with Crippen LogP contribution in [0.15, 0.2) is 67.1 Å². The zero-order chi connectivity index (χ0) is 23.0. The number of nitrogens with zero attached hydrogens (tertiary/aromatic N) is 3. The minimum absolute atomic E-state index is 0.0461. The third kappa shape index (κ3) is 5.36. The summed E-state index contributed by atoms with van der Waals surface area (Å²) < 4.78 is 5.84. The molecule has 33 heavy (non-hydrogen) atoms. The van der Waals surface area contributed by atoms with Crippen LogP contribution in [0.4, 0.5) is 5.82 Å². The number of nitrogens with one attached hydrogen (secondary N) is 2. The van der Waals surface area contributed by atoms with Gasteiger partial charge in [-0.25, -0.2) is 9.97 Å². The Morgan fingerprint density at radius 3 is 2.70 bits per heavy atom. The lowest BCUT2D eigenvalue weighted by Crippen LogP contribution is -2.39. The standard InChI is InChI=1S/C26H25N5O2/c1-2-7-24(32)31-15-6-8-20(31)16-29-26-23(17-28-18-30-26)25(27)19-11-13-22(14-12-19)33-21-9-4-3-5-10-21/h3-5,9-14,17-18,20,27H,6,8,15-16H2,1H3,(H,28,29,30)/t20-/m1/s1. The molecule has 3 aromatic rings. The fourth-order valence-electron chi connectivity index (χ4n) is 3.83. The normalized spacial score (nSPS) is 14.8. The van der Waals surface area contributed by atoms with Crippen LogP contribution in [0.5, 0.6) is 11.5 Å². The average Bonchev–Trinajstić information content (AvgIpc) is 3.33. The number of hydrogen-bond donors (Lipinski definition) is 2. The smallest absolute Gasteiger partial charge is 0.298 e. The minimum Gasteiger partial charge on any atom is -0.457 e. The van der Waals surface area contributed by atoms with E-state index in [0.717, 1.165) is 24.2 Å². The average molecular weight is 440 g/mol. The molecule has 2 N–H and O–H groups in total. The van der Waals surface area contributed by atoms with Crippen molar-refractivity contribution >= 4 is 17.4 Å². The predicted molar refractivity (Wildman–Crippen MR) is 128 cm³/mol. The SMILES string of the molecule is CC#CC(=O)N1CCC[C@@H]1CNc1ncncc1C(=N)c1ccc(Oc2ccccc2)cc1. The lowest BCUT2D eigenvalue weighted by molar-refractivity contribution is -0.125. The van der Waals surface area contributed by atoms with E-state index in [-0.39, 0.29) is 11.9 Å². The van der Waals surface area contributed by atoms with Crippen LogP contribution in [-0.4, -0.2) is 45.6 Å². The van der Waals surface area contributed by atoms with E-state index in [1.807, 2.05) is 54.6 Å². The zero-order valence-corrected chi connectivity index (χ0v) is 18.4. The van der Waals surface area contributed by atoms with Gasteiger partial charge >= 0.3 is 0 Å². The Morgan fingerprint density at radius 1 is 1.18 bits per heavy atom. The first-order valence-electron chi connectivity index (χ1n) is 10.8. The second kappa shape index (κ2) is 10.4. The van der Waals surface area contributed by atoms with Crippen molar-refractivity contribution in [1.29, 1.82) is 5.41 Å². The van der Waals surface area contributed by atoms with Gasteiger partial charge in [-0.05, 0) is 62.1 Å². The molecule has 7 heteroatoms. The molecular formula is C26H25N5O2. The topological polar surface area (TPSA) is 91.2 Å². The van der Waals surface area contributed by atoms with E-state index in [1.165, 1.54) is 6.33 Å². The zero-order valence-electron chi connectivity index (χ0n) is 18.4. The number of hydrogen-bond acceptors (Lipinski definition) is 6. The van der Waals surface area contributed by atoms with Gasteiger partial charge in [0.15, 0.2) is 0 Å². The molecule has 0 radical (unpaired) electrons. The fraction of sp³-hybridized carbons (Fsp3) is 0.231. The molecule has 4 rings (SSSR count). The molecule has 166 valence electrons. The summed E-state index contributed by atoms with van der Waals surface area (Å²) in [5.41, 5.74) is 1.63. The quantitative estimate of drug-likeness (QED) is 0.427. The number of benzene rings is 2. The first kappa shape index (κ1) is 22.0. The summed E-state index contributed by atoms with van der Waals surface area (Å²) in [6.07, 6.45) is 4.94. The van der Waals surface area contributed by atoms with E-state index in [1.54, 1.807) is 18.0 Å². The summed E-state index contributed by atoms with van der Waals surface area (Å²) in [7, 11) is 0. The van der Waals surface area contributed by atoms with Gasteiger partial charge in [0.05, 0.1) is 11.3 Å². The first-order valence-corrected chi connectivity index (χ1v) is 10.8. The highest BCUT2D eigenvalue weighted by atomic mass is 16.5. The molecule has 1 amide bonds. The van der Waals surface area contributed by atoms with Crippen molar-refractivity contribution in [2.24, 2.45) is 0 Å². The highest BCUT2D eigenvalue weighted by molar-refractivity contribution is 6.13. The molecule has 0 bridgehead atoms. The van der Waals surface area contributed by atoms with E-state index in [0.29, 0.717) is 35.9 Å². The van der Waals surface area contributed by atoms with Crippen molar-refractivity contribution in [3.8, 4) is 23.3 Å². The van der Waals surface area contributed by atoms with Crippen molar-refractivity contribution in [1.82, 2.24) is 14.9 Å². The summed E-state index contributed by atoms with van der Waals surface area (Å²) in [5, 5.41) is 12.0. The van der Waals surface area contributed by atoms with Gasteiger partial charge in [-0.2, -0.15) is 0 Å². The maximum atomic E-state index is 12.2. The van der Waals surface area contributed by atoms with Gasteiger partial charge in [0.25, 0.3) is 5.91 Å². The molecule has 7 nitrogen and oxygen atoms in total. The number of aromatic nitrogens is 2. The van der Waals surface area contributed by atoms with Gasteiger partial charge in [-0.3, -0.25) is 10.2 Å². The number of carbonyl (C=O) groups is 1. The number of para-hydroxylation sites is 1. The number of rotatable bonds is 7. The Balaban J connectivity index is 1.45. The molecule has 1 aliphatic rings. The van der Waals surface area contributed by atoms with Gasteiger partial charge in [-0.15, -0.1) is 0 Å². The van der Waals surface area contributed by atoms with Crippen LogP contribution in [0.25, 0.3) is 0 Å². The lowest BCUT2D eigenvalue weighted by Gasteiger charge is -2.23. The molecular weight excluding hydrogens is 414 g/mol. The third-order valence-electron chi connectivity index (χ3n) is 5.48. The van der Waals surface area contributed by atoms with Gasteiger partial charge in [0.1, 0.15) is 23.6 Å². The summed E-state index contributed by atoms with van der Waals surface area (Å²) >= 11 is 0. The summed E-state index contributed by atoms with van der Waals surface area (Å²) in [4.78, 5) is 22.5. The van der Waals surface area contributed by atoms with E-state index in [4.69, 9.17) is 10.1 Å². The fourth-order valence-corrected chi connectivity index (χ4v) is 3.83. The lowest BCUT2D eigenvalue weighted by atomic mass is 10.0. The molecule has 0 spiro atoms. The number of anilines is 1. The molecule has 0 aliphatic carbocycles. The van der Waals surface area contributed by atoms with Gasteiger partial charge in [0, 0.05) is 30.9 Å². The molecule has 1 saturated heterocycles. The first-order chi connectivity index (χ1) is 16.2. The number of ether oxygens (including phenoxy) is 1. The molecule has 1 aliphatic heterocycles. The van der Waals surface area contributed by atoms with Gasteiger partial charge in [-0.1, -0.05) is 24.1 Å². The highest BCUT2D eigenvalue weighted by Gasteiger charge is 2.28. The predicted octanol–water partition coefficient (Wildman–Crippen LogP) is 4.11. The summed E-state index contributed by atoms with van der Waals surface area (Å²) in [6.45, 7) is 2.92. The van der Waals surface area contributed by atoms with Crippen LogP contribution >= 0.6 is 0 Å². The van der Waals surface area contributed by atoms with Crippen LogP contribution in [0.2, 0.25) is 0 Å². The molecule has 1 atom stereocenters. The number of amides is 1. The Bertz CT molecular complexity index is 1180. The Hall–Kier alpha value is -4.18. The van der Waals surface area contributed by atoms with Crippen LogP contribution < -0.4 is 10.1 Å². The minimum atomic E-state index is -0.143. The van der Waals surface area contributed by atoms with Gasteiger partial charge < -0.3 is 15.0 Å². The highest BCUT2D eigenvalue weighted by Crippen LogP contribution is 2.24. The van der Waals surface area contributed by atoms with Crippen LogP contribution in [0.3, 0.4) is 0 Å². The largest absolute Gasteiger partial charge is 0.457 e. The maximum absolute atomic E-state index is 12.2. The summed E-state index contributed by atoms with van der Waals surface area (Å²) in [6, 6.07) is 17.0. The van der Waals surface area contributed by atoms with Crippen molar-refractivity contribution in [2.45, 2.75) is 25.8 Å². The van der Waals surface area contributed by atoms with Gasteiger partial charge in [0.2, 0.25) is 0 Å². The molecule has 1 aromatic heterocycles. The second-order valence-corrected chi connectivity index (χ2v) is 7.65. The second-order valence-electron chi connectivity index (χ2n) is 7.65. The van der Waals surface area contributed by atoms with E-state index >= 15 is 0 Å². The van der Waals surface area contributed by atoms with Crippen molar-refractivity contribution < 1.29 is 9.53 Å². The molecule has 1 fully saturated rings. The van der Waals surface area contributed by atoms with Crippen molar-refractivity contribution in [2.75, 3.05) is 18.4 Å². The Kier molecular flexibility index (Phi) is 6.96. The van der Waals surface area contributed by atoms with E-state index in [2.05, 4.69) is 27.1 Å². The van der Waals surface area contributed by atoms with Crippen molar-refractivity contribution in [3.05, 3.63) is 78.2 Å². The van der Waals surface area contributed by atoms with E-state index < -0.39 is 0 Å². The Labute approximate surface area is 193 Å². The number of likely N-dealkylation sites (tertiary alicyclic amines) is 1. The summed E-state index contributed by atoms with van der Waals surface area (Å²) in [5.74, 6) is 7.18. The molecule has 2 aromatic carbocycles.